The van der Waals surface area contributed by atoms with Crippen molar-refractivity contribution in [1.82, 2.24) is 24.5 Å². The van der Waals surface area contributed by atoms with Gasteiger partial charge >= 0.3 is 0 Å². The lowest BCUT2D eigenvalue weighted by Gasteiger charge is -2.30. The second kappa shape index (κ2) is 6.97. The number of likely N-dealkylation sites (N-methyl/N-ethyl adjacent to an activating group) is 1. The van der Waals surface area contributed by atoms with Gasteiger partial charge in [-0.3, -0.25) is 0 Å². The molecule has 5 rings (SSSR count). The first-order valence-corrected chi connectivity index (χ1v) is 10.3. The van der Waals surface area contributed by atoms with Crippen molar-refractivity contribution < 1.29 is 4.74 Å². The summed E-state index contributed by atoms with van der Waals surface area (Å²) in [6.45, 7) is 9.30. The van der Waals surface area contributed by atoms with Crippen LogP contribution in [0.2, 0.25) is 0 Å². The van der Waals surface area contributed by atoms with Crippen molar-refractivity contribution in [3.8, 4) is 11.3 Å². The lowest BCUT2D eigenvalue weighted by Crippen LogP contribution is -2.35. The molecule has 0 bridgehead atoms. The van der Waals surface area contributed by atoms with E-state index in [1.54, 1.807) is 6.33 Å². The molecule has 4 aromatic rings. The van der Waals surface area contributed by atoms with E-state index in [4.69, 9.17) is 4.74 Å². The van der Waals surface area contributed by atoms with Crippen molar-refractivity contribution in [3.63, 3.8) is 0 Å². The maximum atomic E-state index is 6.06. The van der Waals surface area contributed by atoms with Gasteiger partial charge in [-0.25, -0.2) is 9.50 Å². The number of hydrogen-bond acceptors (Lipinski definition) is 4. The van der Waals surface area contributed by atoms with Gasteiger partial charge in [-0.05, 0) is 54.8 Å². The molecule has 1 aromatic carbocycles. The van der Waals surface area contributed by atoms with Crippen LogP contribution in [-0.2, 0) is 4.74 Å². The zero-order chi connectivity index (χ0) is 20.1. The molecule has 1 aliphatic heterocycles. The number of hydrogen-bond donors (Lipinski definition) is 1. The Morgan fingerprint density at radius 3 is 2.90 bits per heavy atom. The molecule has 6 nitrogen and oxygen atoms in total. The number of benzene rings is 1. The third-order valence-electron chi connectivity index (χ3n) is 5.93. The van der Waals surface area contributed by atoms with E-state index in [-0.39, 0.29) is 6.10 Å². The van der Waals surface area contributed by atoms with Gasteiger partial charge in [0, 0.05) is 35.8 Å². The number of aromatic amines is 1. The van der Waals surface area contributed by atoms with E-state index in [0.717, 1.165) is 47.7 Å². The van der Waals surface area contributed by atoms with Crippen LogP contribution in [0.5, 0.6) is 0 Å². The number of pyridine rings is 1. The van der Waals surface area contributed by atoms with E-state index in [0.29, 0.717) is 5.92 Å². The van der Waals surface area contributed by atoms with Crippen LogP contribution < -0.4 is 0 Å². The first-order valence-electron chi connectivity index (χ1n) is 10.3. The second-order valence-electron chi connectivity index (χ2n) is 8.44. The number of nitrogens with zero attached hydrogens (tertiary/aromatic N) is 4. The highest BCUT2D eigenvalue weighted by atomic mass is 16.5. The predicted molar refractivity (Wildman–Crippen MR) is 115 cm³/mol. The third kappa shape index (κ3) is 3.12. The highest BCUT2D eigenvalue weighted by Gasteiger charge is 2.22. The van der Waals surface area contributed by atoms with Gasteiger partial charge in [0.25, 0.3) is 0 Å². The van der Waals surface area contributed by atoms with Crippen LogP contribution in [0.3, 0.4) is 0 Å². The number of aromatic nitrogens is 4. The largest absolute Gasteiger partial charge is 0.371 e. The number of rotatable bonds is 3. The van der Waals surface area contributed by atoms with Crippen LogP contribution in [0.1, 0.15) is 42.6 Å². The van der Waals surface area contributed by atoms with Crippen molar-refractivity contribution >= 4 is 16.6 Å². The molecule has 1 saturated heterocycles. The number of ether oxygens (including phenoxy) is 1. The molecule has 29 heavy (non-hydrogen) atoms. The number of aryl methyl sites for hydroxylation is 1. The Morgan fingerprint density at radius 2 is 2.10 bits per heavy atom. The number of nitrogens with one attached hydrogen (secondary N) is 1. The molecule has 1 unspecified atom stereocenters. The van der Waals surface area contributed by atoms with Crippen LogP contribution in [0.4, 0.5) is 0 Å². The highest BCUT2D eigenvalue weighted by molar-refractivity contribution is 5.92. The first kappa shape index (κ1) is 18.3. The molecule has 0 amide bonds. The van der Waals surface area contributed by atoms with Crippen molar-refractivity contribution in [3.05, 3.63) is 53.5 Å². The summed E-state index contributed by atoms with van der Waals surface area (Å²) in [6, 6.07) is 8.90. The Kier molecular flexibility index (Phi) is 4.41. The fourth-order valence-corrected chi connectivity index (χ4v) is 4.47. The third-order valence-corrected chi connectivity index (χ3v) is 5.93. The summed E-state index contributed by atoms with van der Waals surface area (Å²) in [5.74, 6) is 0.385. The molecule has 150 valence electrons. The average molecular weight is 390 g/mol. The van der Waals surface area contributed by atoms with Gasteiger partial charge in [-0.15, -0.1) is 0 Å². The molecule has 0 aliphatic carbocycles. The standard InChI is InChI=1S/C23H27N5O/c1-14(2)21-18-10-16(20-12-27(4)7-8-29-20)5-6-19(18)26-22(21)17-9-15(3)23-24-13-25-28(23)11-17/h5-6,9-11,13-14,20,26H,7-8,12H2,1-4H3. The molecule has 1 aliphatic rings. The molecule has 4 heterocycles. The van der Waals surface area contributed by atoms with Crippen molar-refractivity contribution in [2.24, 2.45) is 0 Å². The highest BCUT2D eigenvalue weighted by Crippen LogP contribution is 2.37. The molecule has 3 aromatic heterocycles. The van der Waals surface area contributed by atoms with Crippen LogP contribution in [0.25, 0.3) is 27.8 Å². The van der Waals surface area contributed by atoms with Gasteiger partial charge in [0.1, 0.15) is 6.33 Å². The van der Waals surface area contributed by atoms with Gasteiger partial charge in [0.05, 0.1) is 18.4 Å². The Hall–Kier alpha value is -2.70. The van der Waals surface area contributed by atoms with Crippen molar-refractivity contribution in [2.75, 3.05) is 26.7 Å². The molecule has 1 N–H and O–H groups in total. The van der Waals surface area contributed by atoms with E-state index in [1.165, 1.54) is 16.5 Å². The van der Waals surface area contributed by atoms with E-state index >= 15 is 0 Å². The Balaban J connectivity index is 1.66. The maximum Gasteiger partial charge on any atom is 0.158 e. The molecule has 0 radical (unpaired) electrons. The summed E-state index contributed by atoms with van der Waals surface area (Å²) < 4.78 is 7.92. The Labute approximate surface area is 170 Å². The van der Waals surface area contributed by atoms with Crippen molar-refractivity contribution in [2.45, 2.75) is 32.8 Å². The summed E-state index contributed by atoms with van der Waals surface area (Å²) in [5, 5.41) is 5.63. The fraction of sp³-hybridized carbons (Fsp3) is 0.391. The normalized spacial score (nSPS) is 18.3. The van der Waals surface area contributed by atoms with Crippen LogP contribution in [0.15, 0.2) is 36.8 Å². The summed E-state index contributed by atoms with van der Waals surface area (Å²) >= 11 is 0. The molecule has 1 atom stereocenters. The fourth-order valence-electron chi connectivity index (χ4n) is 4.47. The minimum absolute atomic E-state index is 0.130. The van der Waals surface area contributed by atoms with Gasteiger partial charge in [-0.2, -0.15) is 5.10 Å². The average Bonchev–Trinajstić information content (AvgIpc) is 3.32. The molecule has 6 heteroatoms. The molecule has 0 saturated carbocycles. The zero-order valence-electron chi connectivity index (χ0n) is 17.4. The van der Waals surface area contributed by atoms with E-state index < -0.39 is 0 Å². The van der Waals surface area contributed by atoms with Gasteiger partial charge in [-0.1, -0.05) is 19.9 Å². The lowest BCUT2D eigenvalue weighted by molar-refractivity contribution is -0.0208. The number of morpholine rings is 1. The number of H-pyrrole nitrogens is 1. The zero-order valence-corrected chi connectivity index (χ0v) is 17.4. The maximum absolute atomic E-state index is 6.06. The molecule has 1 fully saturated rings. The topological polar surface area (TPSA) is 58.5 Å². The summed E-state index contributed by atoms with van der Waals surface area (Å²) in [4.78, 5) is 10.4. The van der Waals surface area contributed by atoms with Gasteiger partial charge in [0.15, 0.2) is 5.65 Å². The SMILES string of the molecule is Cc1cc(-c2[nH]c3ccc(C4CN(C)CCO4)cc3c2C(C)C)cn2ncnc12. The van der Waals surface area contributed by atoms with Gasteiger partial charge < -0.3 is 14.6 Å². The van der Waals surface area contributed by atoms with Crippen LogP contribution >= 0.6 is 0 Å². The second-order valence-corrected chi connectivity index (χ2v) is 8.44. The summed E-state index contributed by atoms with van der Waals surface area (Å²) in [5.41, 5.74) is 8.06. The quantitative estimate of drug-likeness (QED) is 0.567. The van der Waals surface area contributed by atoms with E-state index in [2.05, 4.69) is 78.2 Å². The first-order chi connectivity index (χ1) is 14.0. The molecular weight excluding hydrogens is 362 g/mol. The predicted octanol–water partition coefficient (Wildman–Crippen LogP) is 4.31. The monoisotopic (exact) mass is 389 g/mol. The van der Waals surface area contributed by atoms with Crippen LogP contribution in [-0.4, -0.2) is 51.2 Å². The molecular formula is C23H27N5O. The Morgan fingerprint density at radius 1 is 1.24 bits per heavy atom. The van der Waals surface area contributed by atoms with Crippen molar-refractivity contribution in [1.29, 1.82) is 0 Å². The smallest absolute Gasteiger partial charge is 0.158 e. The number of fused-ring (bicyclic) bond motifs is 2. The van der Waals surface area contributed by atoms with Crippen LogP contribution in [0, 0.1) is 6.92 Å². The minimum atomic E-state index is 0.130. The van der Waals surface area contributed by atoms with E-state index in [9.17, 15) is 0 Å². The summed E-state index contributed by atoms with van der Waals surface area (Å²) in [6.07, 6.45) is 3.80. The lowest BCUT2D eigenvalue weighted by atomic mass is 9.94. The van der Waals surface area contributed by atoms with Gasteiger partial charge in [0.2, 0.25) is 0 Å². The minimum Gasteiger partial charge on any atom is -0.371 e. The van der Waals surface area contributed by atoms with E-state index in [1.807, 2.05) is 4.52 Å². The Bertz CT molecular complexity index is 1190. The molecule has 0 spiro atoms. The summed E-state index contributed by atoms with van der Waals surface area (Å²) in [7, 11) is 2.16.